The summed E-state index contributed by atoms with van der Waals surface area (Å²) in [6, 6.07) is 12.4. The van der Waals surface area contributed by atoms with E-state index in [-0.39, 0.29) is 0 Å². The normalized spacial score (nSPS) is 10.5. The molecule has 0 saturated heterocycles. The Hall–Kier alpha value is -1.52. The lowest BCUT2D eigenvalue weighted by Crippen LogP contribution is -2.08. The molecule has 0 saturated carbocycles. The van der Waals surface area contributed by atoms with Gasteiger partial charge in [-0.1, -0.05) is 32.0 Å². The van der Waals surface area contributed by atoms with Crippen LogP contribution in [0.5, 0.6) is 11.5 Å². The molecule has 0 fully saturated rings. The Labute approximate surface area is 154 Å². The van der Waals surface area contributed by atoms with E-state index in [9.17, 15) is 0 Å². The highest BCUT2D eigenvalue weighted by atomic mass is 32.2. The number of ether oxygens (including phenoxy) is 2. The zero-order chi connectivity index (χ0) is 17.5. The molecule has 0 aromatic heterocycles. The maximum Gasteiger partial charge on any atom is 0.167 e. The van der Waals surface area contributed by atoms with Crippen molar-refractivity contribution >= 4 is 29.0 Å². The number of hydrogen-bond donors (Lipinski definition) is 0. The van der Waals surface area contributed by atoms with E-state index in [1.807, 2.05) is 25.1 Å². The van der Waals surface area contributed by atoms with Crippen molar-refractivity contribution in [3.05, 3.63) is 53.1 Å². The van der Waals surface area contributed by atoms with Crippen molar-refractivity contribution in [1.82, 2.24) is 0 Å². The van der Waals surface area contributed by atoms with Gasteiger partial charge < -0.3 is 9.47 Å². The van der Waals surface area contributed by atoms with Crippen LogP contribution in [-0.2, 0) is 13.0 Å². The molecule has 2 aromatic carbocycles. The maximum atomic E-state index is 6.08. The average molecular weight is 361 g/mol. The van der Waals surface area contributed by atoms with Crippen molar-refractivity contribution in [3.63, 3.8) is 0 Å². The molecule has 2 rings (SSSR count). The minimum Gasteiger partial charge on any atom is -0.488 e. The highest BCUT2D eigenvalue weighted by molar-refractivity contribution is 7.98. The Balaban J connectivity index is 2.23. The lowest BCUT2D eigenvalue weighted by Gasteiger charge is -2.16. The number of thioether (sulfide) groups is 1. The van der Waals surface area contributed by atoms with Crippen molar-refractivity contribution < 1.29 is 9.47 Å². The molecule has 128 valence electrons. The van der Waals surface area contributed by atoms with Gasteiger partial charge >= 0.3 is 0 Å². The number of thiocarbonyl (C=S) groups is 1. The highest BCUT2D eigenvalue weighted by Crippen LogP contribution is 2.31. The molecule has 0 atom stereocenters. The minimum atomic E-state index is 0.463. The zero-order valence-corrected chi connectivity index (χ0v) is 16.4. The molecule has 0 aliphatic rings. The molecule has 0 aliphatic carbocycles. The summed E-state index contributed by atoms with van der Waals surface area (Å²) in [7, 11) is 0. The van der Waals surface area contributed by atoms with Crippen LogP contribution < -0.4 is 9.47 Å². The van der Waals surface area contributed by atoms with Crippen LogP contribution in [0.2, 0.25) is 0 Å². The Morgan fingerprint density at radius 3 is 2.54 bits per heavy atom. The summed E-state index contributed by atoms with van der Waals surface area (Å²) in [4.78, 5) is 1.15. The molecule has 2 aromatic rings. The van der Waals surface area contributed by atoms with Gasteiger partial charge in [-0.3, -0.25) is 0 Å². The van der Waals surface area contributed by atoms with Crippen LogP contribution in [-0.4, -0.2) is 11.3 Å². The van der Waals surface area contributed by atoms with E-state index in [1.54, 1.807) is 11.8 Å². The van der Waals surface area contributed by atoms with Crippen LogP contribution >= 0.6 is 24.0 Å². The Bertz CT molecular complexity index is 711. The molecule has 0 amide bonds. The second-order valence-electron chi connectivity index (χ2n) is 5.51. The second-order valence-corrected chi connectivity index (χ2v) is 6.81. The largest absolute Gasteiger partial charge is 0.488 e. The van der Waals surface area contributed by atoms with Gasteiger partial charge in [0.15, 0.2) is 5.05 Å². The number of benzene rings is 2. The summed E-state index contributed by atoms with van der Waals surface area (Å²) in [6.07, 6.45) is 3.81. The molecule has 0 unspecified atom stereocenters. The van der Waals surface area contributed by atoms with Crippen molar-refractivity contribution in [3.8, 4) is 11.5 Å². The number of hydrogen-bond acceptors (Lipinski definition) is 4. The molecule has 4 heteroatoms. The van der Waals surface area contributed by atoms with Crippen LogP contribution in [0, 0.1) is 6.92 Å². The van der Waals surface area contributed by atoms with E-state index >= 15 is 0 Å². The third-order valence-corrected chi connectivity index (χ3v) is 5.04. The summed E-state index contributed by atoms with van der Waals surface area (Å²) >= 11 is 6.92. The van der Waals surface area contributed by atoms with E-state index in [1.165, 1.54) is 5.56 Å². The van der Waals surface area contributed by atoms with E-state index in [0.717, 1.165) is 40.4 Å². The molecule has 0 spiro atoms. The molecule has 0 aliphatic heterocycles. The fraction of sp³-hybridized carbons (Fsp3) is 0.350. The summed E-state index contributed by atoms with van der Waals surface area (Å²) in [6.45, 7) is 6.70. The van der Waals surface area contributed by atoms with Crippen molar-refractivity contribution in [2.75, 3.05) is 6.26 Å². The lowest BCUT2D eigenvalue weighted by molar-refractivity contribution is 0.297. The van der Waals surface area contributed by atoms with Crippen LogP contribution in [0.4, 0.5) is 0 Å². The second kappa shape index (κ2) is 9.09. The van der Waals surface area contributed by atoms with Gasteiger partial charge in [0.25, 0.3) is 0 Å². The number of aryl methyl sites for hydroxylation is 2. The predicted octanol–water partition coefficient (Wildman–Crippen LogP) is 5.97. The lowest BCUT2D eigenvalue weighted by atomic mass is 10.1. The smallest absolute Gasteiger partial charge is 0.167 e. The summed E-state index contributed by atoms with van der Waals surface area (Å²) in [5.74, 6) is 1.70. The SMILES string of the molecule is CCC(=S)Oc1cccc(SC)c1COc1ccc(CC)cc1C. The van der Waals surface area contributed by atoms with Gasteiger partial charge in [-0.05, 0) is 61.1 Å². The van der Waals surface area contributed by atoms with Gasteiger partial charge in [-0.15, -0.1) is 11.8 Å². The van der Waals surface area contributed by atoms with Crippen molar-refractivity contribution in [2.24, 2.45) is 0 Å². The summed E-state index contributed by atoms with van der Waals surface area (Å²) in [5, 5.41) is 0.595. The first-order valence-electron chi connectivity index (χ1n) is 8.17. The van der Waals surface area contributed by atoms with Crippen molar-refractivity contribution in [1.29, 1.82) is 0 Å². The third-order valence-electron chi connectivity index (χ3n) is 3.84. The molecule has 0 radical (unpaired) electrons. The van der Waals surface area contributed by atoms with E-state index < -0.39 is 0 Å². The Morgan fingerprint density at radius 1 is 1.12 bits per heavy atom. The van der Waals surface area contributed by atoms with Crippen LogP contribution in [0.1, 0.15) is 37.0 Å². The quantitative estimate of drug-likeness (QED) is 0.447. The molecule has 0 bridgehead atoms. The first-order chi connectivity index (χ1) is 11.6. The van der Waals surface area contributed by atoms with Gasteiger partial charge in [0.05, 0.1) is 0 Å². The predicted molar refractivity (Wildman–Crippen MR) is 107 cm³/mol. The van der Waals surface area contributed by atoms with Gasteiger partial charge in [-0.25, -0.2) is 0 Å². The van der Waals surface area contributed by atoms with Crippen LogP contribution in [0.3, 0.4) is 0 Å². The standard InChI is InChI=1S/C20H24O2S2/c1-5-15-10-11-17(14(3)12-15)21-13-16-18(22-20(23)6-2)8-7-9-19(16)24-4/h7-12H,5-6,13H2,1-4H3. The molecule has 0 N–H and O–H groups in total. The van der Waals surface area contributed by atoms with Gasteiger partial charge in [-0.2, -0.15) is 0 Å². The summed E-state index contributed by atoms with van der Waals surface area (Å²) in [5.41, 5.74) is 3.52. The highest BCUT2D eigenvalue weighted by Gasteiger charge is 2.12. The first-order valence-corrected chi connectivity index (χ1v) is 9.81. The van der Waals surface area contributed by atoms with Crippen LogP contribution in [0.25, 0.3) is 0 Å². The Morgan fingerprint density at radius 2 is 1.92 bits per heavy atom. The minimum absolute atomic E-state index is 0.463. The van der Waals surface area contributed by atoms with Crippen LogP contribution in [0.15, 0.2) is 41.3 Å². The Kier molecular flexibility index (Phi) is 7.13. The van der Waals surface area contributed by atoms with Gasteiger partial charge in [0.2, 0.25) is 0 Å². The fourth-order valence-electron chi connectivity index (χ4n) is 2.41. The first kappa shape index (κ1) is 18.8. The zero-order valence-electron chi connectivity index (χ0n) is 14.7. The molecule has 0 heterocycles. The summed E-state index contributed by atoms with van der Waals surface area (Å²) < 4.78 is 11.9. The molecular weight excluding hydrogens is 336 g/mol. The number of rotatable bonds is 7. The van der Waals surface area contributed by atoms with E-state index in [0.29, 0.717) is 11.7 Å². The van der Waals surface area contributed by atoms with E-state index in [4.69, 9.17) is 21.7 Å². The monoisotopic (exact) mass is 360 g/mol. The van der Waals surface area contributed by atoms with E-state index in [2.05, 4.69) is 38.3 Å². The topological polar surface area (TPSA) is 18.5 Å². The maximum absolute atomic E-state index is 6.08. The van der Waals surface area contributed by atoms with Gasteiger partial charge in [0.1, 0.15) is 18.1 Å². The fourth-order valence-corrected chi connectivity index (χ4v) is 3.12. The van der Waals surface area contributed by atoms with Crippen molar-refractivity contribution in [2.45, 2.75) is 45.1 Å². The average Bonchev–Trinajstić information content (AvgIpc) is 2.60. The molecule has 24 heavy (non-hydrogen) atoms. The third kappa shape index (κ3) is 4.74. The van der Waals surface area contributed by atoms with Gasteiger partial charge in [0, 0.05) is 16.9 Å². The molecular formula is C20H24O2S2. The molecule has 2 nitrogen and oxygen atoms in total.